The number of carbonyl (C=O) groups excluding carboxylic acids is 3. The first-order chi connectivity index (χ1) is 12.5. The van der Waals surface area contributed by atoms with Gasteiger partial charge >= 0.3 is 0 Å². The van der Waals surface area contributed by atoms with Crippen LogP contribution in [-0.2, 0) is 0 Å². The molecule has 26 heavy (non-hydrogen) atoms. The van der Waals surface area contributed by atoms with E-state index in [9.17, 15) is 14.4 Å². The van der Waals surface area contributed by atoms with Crippen LogP contribution in [0.3, 0.4) is 0 Å². The summed E-state index contributed by atoms with van der Waals surface area (Å²) in [4.78, 5) is 38.6. The Labute approximate surface area is 159 Å². The number of hydrogen-bond acceptors (Lipinski definition) is 4. The summed E-state index contributed by atoms with van der Waals surface area (Å²) in [6.45, 7) is 0. The van der Waals surface area contributed by atoms with Crippen LogP contribution >= 0.6 is 23.4 Å². The van der Waals surface area contributed by atoms with Crippen molar-refractivity contribution in [2.75, 3.05) is 0 Å². The van der Waals surface area contributed by atoms with Crippen LogP contribution in [0.25, 0.3) is 0 Å². The monoisotopic (exact) mass is 378 g/mol. The van der Waals surface area contributed by atoms with Crippen molar-refractivity contribution in [2.24, 2.45) is 0 Å². The maximum Gasteiger partial charge on any atom is 0.224 e. The average molecular weight is 379 g/mol. The van der Waals surface area contributed by atoms with Gasteiger partial charge in [-0.25, -0.2) is 0 Å². The third-order valence-electron chi connectivity index (χ3n) is 4.19. The van der Waals surface area contributed by atoms with Crippen molar-refractivity contribution in [1.82, 2.24) is 0 Å². The van der Waals surface area contributed by atoms with E-state index in [1.807, 2.05) is 0 Å². The molecule has 0 heterocycles. The minimum Gasteiger partial charge on any atom is -0.289 e. The molecule has 0 aliphatic heterocycles. The third kappa shape index (κ3) is 2.87. The predicted octanol–water partition coefficient (Wildman–Crippen LogP) is 5.05. The molecule has 0 unspecified atom stereocenters. The van der Waals surface area contributed by atoms with Crippen molar-refractivity contribution in [3.8, 4) is 0 Å². The molecule has 0 N–H and O–H groups in total. The molecule has 0 spiro atoms. The molecule has 3 aromatic rings. The minimum atomic E-state index is -0.235. The molecule has 0 saturated heterocycles. The highest BCUT2D eigenvalue weighted by atomic mass is 35.5. The summed E-state index contributed by atoms with van der Waals surface area (Å²) in [6, 6.07) is 18.3. The van der Waals surface area contributed by atoms with Gasteiger partial charge in [-0.3, -0.25) is 14.4 Å². The zero-order valence-electron chi connectivity index (χ0n) is 13.4. The van der Waals surface area contributed by atoms with Gasteiger partial charge in [-0.2, -0.15) is 0 Å². The van der Waals surface area contributed by atoms with Crippen LogP contribution in [0.1, 0.15) is 42.2 Å². The molecular weight excluding hydrogens is 368 g/mol. The lowest BCUT2D eigenvalue weighted by molar-refractivity contribution is 0.0978. The molecule has 0 bridgehead atoms. The van der Waals surface area contributed by atoms with Crippen LogP contribution in [0.5, 0.6) is 0 Å². The molecule has 0 fully saturated rings. The van der Waals surface area contributed by atoms with E-state index in [1.165, 1.54) is 6.07 Å². The van der Waals surface area contributed by atoms with Gasteiger partial charge in [0.15, 0.2) is 11.6 Å². The lowest BCUT2D eigenvalue weighted by Crippen LogP contribution is -2.21. The molecule has 4 rings (SSSR count). The van der Waals surface area contributed by atoms with Crippen molar-refractivity contribution in [1.29, 1.82) is 0 Å². The van der Waals surface area contributed by atoms with Crippen molar-refractivity contribution in [2.45, 2.75) is 4.90 Å². The zero-order chi connectivity index (χ0) is 18.3. The highest BCUT2D eigenvalue weighted by Crippen LogP contribution is 2.30. The standard InChI is InChI=1S/C21H11ClO3S/c22-13-6-8-14(9-7-13)26-21(25)12-5-10-17-18(11-12)20(24)16-4-2-1-3-15(16)19(17)23/h1-11H. The second-order valence-corrected chi connectivity index (χ2v) is 7.29. The summed E-state index contributed by atoms with van der Waals surface area (Å²) in [7, 11) is 0. The first-order valence-electron chi connectivity index (χ1n) is 7.85. The topological polar surface area (TPSA) is 51.2 Å². The third-order valence-corrected chi connectivity index (χ3v) is 5.37. The van der Waals surface area contributed by atoms with E-state index >= 15 is 0 Å². The first-order valence-corrected chi connectivity index (χ1v) is 9.04. The maximum absolute atomic E-state index is 12.7. The van der Waals surface area contributed by atoms with Crippen LogP contribution in [0, 0.1) is 0 Å². The van der Waals surface area contributed by atoms with Crippen molar-refractivity contribution < 1.29 is 14.4 Å². The quantitative estimate of drug-likeness (QED) is 0.458. The molecule has 5 heteroatoms. The van der Waals surface area contributed by atoms with Crippen LogP contribution in [0.4, 0.5) is 0 Å². The van der Waals surface area contributed by atoms with Gasteiger partial charge in [0.2, 0.25) is 5.12 Å². The predicted molar refractivity (Wildman–Crippen MR) is 101 cm³/mol. The summed E-state index contributed by atoms with van der Waals surface area (Å²) in [6.07, 6.45) is 0. The molecule has 0 saturated carbocycles. The largest absolute Gasteiger partial charge is 0.289 e. The van der Waals surface area contributed by atoms with E-state index in [1.54, 1.807) is 60.7 Å². The normalized spacial score (nSPS) is 12.5. The van der Waals surface area contributed by atoms with Gasteiger partial charge in [-0.15, -0.1) is 0 Å². The Hall–Kier alpha value is -2.69. The molecule has 3 aromatic carbocycles. The van der Waals surface area contributed by atoms with Gasteiger partial charge in [0, 0.05) is 37.7 Å². The minimum absolute atomic E-state index is 0.195. The van der Waals surface area contributed by atoms with Crippen LogP contribution in [-0.4, -0.2) is 16.7 Å². The Morgan fingerprint density at radius 2 is 1.31 bits per heavy atom. The van der Waals surface area contributed by atoms with Crippen molar-refractivity contribution in [3.05, 3.63) is 99.6 Å². The van der Waals surface area contributed by atoms with Gasteiger partial charge in [0.25, 0.3) is 0 Å². The van der Waals surface area contributed by atoms with Gasteiger partial charge in [0.1, 0.15) is 0 Å². The lowest BCUT2D eigenvalue weighted by atomic mass is 9.83. The SMILES string of the molecule is O=C(Sc1ccc(Cl)cc1)c1ccc2c(c1)C(=O)c1ccccc1C2=O. The van der Waals surface area contributed by atoms with Crippen molar-refractivity contribution >= 4 is 40.0 Å². The molecule has 0 aromatic heterocycles. The molecule has 3 nitrogen and oxygen atoms in total. The number of halogens is 1. The number of carbonyl (C=O) groups is 3. The van der Waals surface area contributed by atoms with Gasteiger partial charge < -0.3 is 0 Å². The second-order valence-electron chi connectivity index (χ2n) is 5.81. The fourth-order valence-corrected chi connectivity index (χ4v) is 3.75. The fraction of sp³-hybridized carbons (Fsp3) is 0. The Bertz CT molecular complexity index is 1070. The smallest absolute Gasteiger partial charge is 0.224 e. The van der Waals surface area contributed by atoms with Crippen LogP contribution in [0.15, 0.2) is 71.6 Å². The lowest BCUT2D eigenvalue weighted by Gasteiger charge is -2.17. The van der Waals surface area contributed by atoms with Crippen molar-refractivity contribution in [3.63, 3.8) is 0 Å². The summed E-state index contributed by atoms with van der Waals surface area (Å²) < 4.78 is 0. The number of ketones is 2. The Balaban J connectivity index is 1.69. The molecule has 126 valence electrons. The highest BCUT2D eigenvalue weighted by molar-refractivity contribution is 8.14. The number of hydrogen-bond donors (Lipinski definition) is 0. The summed E-state index contributed by atoms with van der Waals surface area (Å²) in [5.41, 5.74) is 1.77. The summed E-state index contributed by atoms with van der Waals surface area (Å²) in [5.74, 6) is -0.430. The van der Waals surface area contributed by atoms with E-state index in [2.05, 4.69) is 0 Å². The Morgan fingerprint density at radius 3 is 1.96 bits per heavy atom. The maximum atomic E-state index is 12.7. The van der Waals surface area contributed by atoms with Gasteiger partial charge in [-0.1, -0.05) is 35.9 Å². The molecular formula is C21H11ClO3S. The number of rotatable bonds is 2. The van der Waals surface area contributed by atoms with E-state index < -0.39 is 0 Å². The Morgan fingerprint density at radius 1 is 0.731 bits per heavy atom. The molecule has 0 radical (unpaired) electrons. The summed E-state index contributed by atoms with van der Waals surface area (Å²) >= 11 is 6.90. The summed E-state index contributed by atoms with van der Waals surface area (Å²) in [5, 5.41) is 0.396. The molecule has 0 atom stereocenters. The number of fused-ring (bicyclic) bond motifs is 2. The van der Waals surface area contributed by atoms with E-state index in [0.717, 1.165) is 16.7 Å². The zero-order valence-corrected chi connectivity index (χ0v) is 14.9. The van der Waals surface area contributed by atoms with Crippen LogP contribution in [0.2, 0.25) is 5.02 Å². The highest BCUT2D eigenvalue weighted by Gasteiger charge is 2.29. The Kier molecular flexibility index (Phi) is 4.23. The van der Waals surface area contributed by atoms with Gasteiger partial charge in [0.05, 0.1) is 0 Å². The fourth-order valence-electron chi connectivity index (χ4n) is 2.89. The number of thioether (sulfide) groups is 1. The molecule has 1 aliphatic carbocycles. The molecule has 1 aliphatic rings. The van der Waals surface area contributed by atoms with E-state index in [0.29, 0.717) is 27.3 Å². The second kappa shape index (κ2) is 6.56. The van der Waals surface area contributed by atoms with Gasteiger partial charge in [-0.05, 0) is 54.2 Å². The number of benzene rings is 3. The van der Waals surface area contributed by atoms with Crippen LogP contribution < -0.4 is 0 Å². The average Bonchev–Trinajstić information content (AvgIpc) is 2.67. The first kappa shape index (κ1) is 16.8. The van der Waals surface area contributed by atoms with E-state index in [4.69, 9.17) is 11.6 Å². The molecule has 0 amide bonds. The van der Waals surface area contributed by atoms with E-state index in [-0.39, 0.29) is 22.2 Å².